The summed E-state index contributed by atoms with van der Waals surface area (Å²) in [6, 6.07) is 7.93. The van der Waals surface area contributed by atoms with Gasteiger partial charge in [-0.15, -0.1) is 0 Å². The van der Waals surface area contributed by atoms with Gasteiger partial charge in [-0.3, -0.25) is 4.79 Å². The Hall–Kier alpha value is -1.93. The van der Waals surface area contributed by atoms with E-state index in [1.807, 2.05) is 45.0 Å². The molecule has 1 aliphatic carbocycles. The Kier molecular flexibility index (Phi) is 5.19. The van der Waals surface area contributed by atoms with E-state index in [0.29, 0.717) is 24.6 Å². The summed E-state index contributed by atoms with van der Waals surface area (Å²) in [6.45, 7) is 6.62. The average molecular weight is 478 g/mol. The molecule has 2 aromatic rings. The molecule has 0 spiro atoms. The van der Waals surface area contributed by atoms with Crippen LogP contribution in [0.25, 0.3) is 0 Å². The molecule has 0 unspecified atom stereocenters. The highest BCUT2D eigenvalue weighted by Gasteiger charge is 2.51. The van der Waals surface area contributed by atoms with Gasteiger partial charge in [0.2, 0.25) is 5.91 Å². The van der Waals surface area contributed by atoms with E-state index in [1.165, 1.54) is 11.3 Å². The van der Waals surface area contributed by atoms with Crippen molar-refractivity contribution in [2.24, 2.45) is 0 Å². The highest BCUT2D eigenvalue weighted by molar-refractivity contribution is 9.10. The molecule has 29 heavy (non-hydrogen) atoms. The normalized spacial score (nSPS) is 17.4. The van der Waals surface area contributed by atoms with Crippen LogP contribution in [-0.2, 0) is 27.9 Å². The summed E-state index contributed by atoms with van der Waals surface area (Å²) in [6.07, 6.45) is 2.03. The van der Waals surface area contributed by atoms with Crippen LogP contribution in [0, 0.1) is 0 Å². The first kappa shape index (κ1) is 20.3. The Morgan fingerprint density at radius 3 is 2.72 bits per heavy atom. The third-order valence-electron chi connectivity index (χ3n) is 5.17. The Bertz CT molecular complexity index is 962. The molecule has 0 radical (unpaired) electrons. The van der Waals surface area contributed by atoms with Gasteiger partial charge in [-0.05, 0) is 51.3 Å². The Balaban J connectivity index is 1.45. The highest BCUT2D eigenvalue weighted by atomic mass is 79.9. The second kappa shape index (κ2) is 7.40. The van der Waals surface area contributed by atoms with Crippen LogP contribution in [-0.4, -0.2) is 34.0 Å². The number of anilines is 1. The Morgan fingerprint density at radius 2 is 2.07 bits per heavy atom. The monoisotopic (exact) mass is 477 g/mol. The average Bonchev–Trinajstić information content (AvgIpc) is 3.35. The summed E-state index contributed by atoms with van der Waals surface area (Å²) in [5, 5.41) is 3.62. The van der Waals surface area contributed by atoms with Crippen molar-refractivity contribution in [3.63, 3.8) is 0 Å². The highest BCUT2D eigenvalue weighted by Crippen LogP contribution is 2.49. The zero-order chi connectivity index (χ0) is 20.8. The maximum atomic E-state index is 13.0. The van der Waals surface area contributed by atoms with Crippen LogP contribution in [0.5, 0.6) is 0 Å². The molecule has 2 heterocycles. The molecule has 0 bridgehead atoms. The number of rotatable bonds is 3. The molecule has 2 aliphatic rings. The fourth-order valence-electron chi connectivity index (χ4n) is 3.51. The molecule has 1 aromatic carbocycles. The molecule has 1 aromatic heterocycles. The lowest BCUT2D eigenvalue weighted by Crippen LogP contribution is -2.39. The van der Waals surface area contributed by atoms with E-state index in [4.69, 9.17) is 4.74 Å². The van der Waals surface area contributed by atoms with Crippen molar-refractivity contribution in [1.82, 2.24) is 9.88 Å². The van der Waals surface area contributed by atoms with Gasteiger partial charge in [0.1, 0.15) is 5.60 Å². The van der Waals surface area contributed by atoms with Gasteiger partial charge in [-0.25, -0.2) is 9.78 Å². The van der Waals surface area contributed by atoms with E-state index in [0.717, 1.165) is 33.4 Å². The molecule has 8 heteroatoms. The number of aromatic nitrogens is 1. The van der Waals surface area contributed by atoms with Gasteiger partial charge in [0.05, 0.1) is 17.7 Å². The maximum absolute atomic E-state index is 13.0. The predicted octanol–water partition coefficient (Wildman–Crippen LogP) is 4.87. The third kappa shape index (κ3) is 4.33. The number of hydrogen-bond acceptors (Lipinski definition) is 5. The van der Waals surface area contributed by atoms with Crippen LogP contribution in [0.1, 0.15) is 49.7 Å². The van der Waals surface area contributed by atoms with E-state index in [-0.39, 0.29) is 12.0 Å². The first-order chi connectivity index (χ1) is 13.7. The van der Waals surface area contributed by atoms with Gasteiger partial charge >= 0.3 is 6.09 Å². The lowest BCUT2D eigenvalue weighted by molar-refractivity contribution is -0.118. The van der Waals surface area contributed by atoms with E-state index < -0.39 is 11.0 Å². The Morgan fingerprint density at radius 1 is 1.31 bits per heavy atom. The van der Waals surface area contributed by atoms with Gasteiger partial charge in [-0.1, -0.05) is 39.4 Å². The van der Waals surface area contributed by atoms with Crippen LogP contribution in [0.15, 0.2) is 28.7 Å². The number of halogens is 1. The van der Waals surface area contributed by atoms with Crippen molar-refractivity contribution in [2.45, 2.75) is 57.6 Å². The summed E-state index contributed by atoms with van der Waals surface area (Å²) in [7, 11) is 0. The summed E-state index contributed by atoms with van der Waals surface area (Å²) in [5.74, 6) is -0.00862. The largest absolute Gasteiger partial charge is 0.444 e. The van der Waals surface area contributed by atoms with Crippen LogP contribution < -0.4 is 5.32 Å². The van der Waals surface area contributed by atoms with Crippen LogP contribution >= 0.6 is 27.3 Å². The first-order valence-corrected chi connectivity index (χ1v) is 11.3. The fourth-order valence-corrected chi connectivity index (χ4v) is 4.92. The fraction of sp³-hybridized carbons (Fsp3) is 0.476. The van der Waals surface area contributed by atoms with Gasteiger partial charge in [0.25, 0.3) is 0 Å². The smallest absolute Gasteiger partial charge is 0.410 e. The lowest BCUT2D eigenvalue weighted by Gasteiger charge is -2.29. The molecular formula is C21H24BrN3O3S. The third-order valence-corrected chi connectivity index (χ3v) is 6.66. The van der Waals surface area contributed by atoms with E-state index in [1.54, 1.807) is 4.90 Å². The number of carbonyl (C=O) groups excluding carboxylic acids is 2. The zero-order valence-electron chi connectivity index (χ0n) is 16.8. The van der Waals surface area contributed by atoms with Crippen molar-refractivity contribution in [1.29, 1.82) is 0 Å². The number of ether oxygens (including phenoxy) is 1. The molecule has 154 valence electrons. The molecule has 0 atom stereocenters. The van der Waals surface area contributed by atoms with E-state index in [9.17, 15) is 9.59 Å². The summed E-state index contributed by atoms with van der Waals surface area (Å²) >= 11 is 4.93. The van der Waals surface area contributed by atoms with Crippen LogP contribution in [0.2, 0.25) is 0 Å². The SMILES string of the molecule is CC(C)(C)OC(=O)N1CCc2nc(NC(=O)C3(c4cccc(Br)c4)CC3)sc2C1. The topological polar surface area (TPSA) is 71.5 Å². The van der Waals surface area contributed by atoms with Crippen molar-refractivity contribution < 1.29 is 14.3 Å². The molecule has 1 aliphatic heterocycles. The van der Waals surface area contributed by atoms with Gasteiger partial charge < -0.3 is 15.0 Å². The second-order valence-corrected chi connectivity index (χ2v) is 10.6. The summed E-state index contributed by atoms with van der Waals surface area (Å²) < 4.78 is 6.45. The van der Waals surface area contributed by atoms with E-state index >= 15 is 0 Å². The number of carbonyl (C=O) groups is 2. The molecule has 0 saturated heterocycles. The molecule has 1 fully saturated rings. The molecule has 1 saturated carbocycles. The number of amides is 2. The number of thiazole rings is 1. The lowest BCUT2D eigenvalue weighted by atomic mass is 9.95. The zero-order valence-corrected chi connectivity index (χ0v) is 19.2. The van der Waals surface area contributed by atoms with Gasteiger partial charge in [0.15, 0.2) is 5.13 Å². The predicted molar refractivity (Wildman–Crippen MR) is 116 cm³/mol. The minimum absolute atomic E-state index is 0.00862. The summed E-state index contributed by atoms with van der Waals surface area (Å²) in [5.41, 5.74) is 1.01. The van der Waals surface area contributed by atoms with Gasteiger partial charge in [-0.2, -0.15) is 0 Å². The van der Waals surface area contributed by atoms with Crippen molar-refractivity contribution in [3.05, 3.63) is 44.9 Å². The van der Waals surface area contributed by atoms with Crippen LogP contribution in [0.4, 0.5) is 9.93 Å². The van der Waals surface area contributed by atoms with Gasteiger partial charge in [0, 0.05) is 22.3 Å². The number of benzene rings is 1. The molecule has 4 rings (SSSR count). The van der Waals surface area contributed by atoms with Crippen molar-refractivity contribution >= 4 is 44.4 Å². The minimum atomic E-state index is -0.519. The number of hydrogen-bond donors (Lipinski definition) is 1. The molecule has 6 nitrogen and oxygen atoms in total. The molecule has 1 N–H and O–H groups in total. The Labute approximate surface area is 182 Å². The van der Waals surface area contributed by atoms with E-state index in [2.05, 4.69) is 26.2 Å². The van der Waals surface area contributed by atoms with Crippen molar-refractivity contribution in [2.75, 3.05) is 11.9 Å². The minimum Gasteiger partial charge on any atom is -0.444 e. The van der Waals surface area contributed by atoms with Crippen LogP contribution in [0.3, 0.4) is 0 Å². The molecular weight excluding hydrogens is 454 g/mol. The number of fused-ring (bicyclic) bond motifs is 1. The van der Waals surface area contributed by atoms with Crippen molar-refractivity contribution in [3.8, 4) is 0 Å². The standard InChI is InChI=1S/C21H24BrN3O3S/c1-20(2,3)28-19(27)25-10-7-15-16(12-25)29-18(23-15)24-17(26)21(8-9-21)13-5-4-6-14(22)11-13/h4-6,11H,7-10,12H2,1-3H3,(H,23,24,26). The first-order valence-electron chi connectivity index (χ1n) is 9.70. The molecule has 2 amide bonds. The second-order valence-electron chi connectivity index (χ2n) is 8.59. The maximum Gasteiger partial charge on any atom is 0.410 e. The number of nitrogens with one attached hydrogen (secondary N) is 1. The summed E-state index contributed by atoms with van der Waals surface area (Å²) in [4.78, 5) is 32.7. The quantitative estimate of drug-likeness (QED) is 0.684. The number of nitrogens with zero attached hydrogens (tertiary/aromatic N) is 2.